The highest BCUT2D eigenvalue weighted by Crippen LogP contribution is 2.29. The molecule has 10 heteroatoms. The molecule has 0 heterocycles. The van der Waals surface area contributed by atoms with Gasteiger partial charge in [-0.15, -0.1) is 0 Å². The highest BCUT2D eigenvalue weighted by atomic mass is 35.5. The number of nitro groups is 1. The quantitative estimate of drug-likeness (QED) is 0.250. The van der Waals surface area contributed by atoms with E-state index in [0.29, 0.717) is 5.56 Å². The molecule has 0 aliphatic carbocycles. The van der Waals surface area contributed by atoms with E-state index in [2.05, 4.69) is 5.32 Å². The van der Waals surface area contributed by atoms with Crippen molar-refractivity contribution in [3.63, 3.8) is 0 Å². The maximum Gasteiger partial charge on any atom is 0.341 e. The van der Waals surface area contributed by atoms with E-state index in [-0.39, 0.29) is 27.6 Å². The van der Waals surface area contributed by atoms with E-state index in [1.807, 2.05) is 0 Å². The summed E-state index contributed by atoms with van der Waals surface area (Å²) in [7, 11) is 0. The SMILES string of the molecule is Nc1cc(F)ccc1C(=O)OC(C(=O)Nc1ccc([N+](=O)[O-])cc1Cl)c1ccccc1. The van der Waals surface area contributed by atoms with E-state index in [9.17, 15) is 24.1 Å². The van der Waals surface area contributed by atoms with Gasteiger partial charge < -0.3 is 15.8 Å². The van der Waals surface area contributed by atoms with Crippen molar-refractivity contribution >= 4 is 40.5 Å². The van der Waals surface area contributed by atoms with Crippen LogP contribution in [0.5, 0.6) is 0 Å². The third kappa shape index (κ3) is 5.14. The fraction of sp³-hybridized carbons (Fsp3) is 0.0476. The Kier molecular flexibility index (Phi) is 6.46. The normalized spacial score (nSPS) is 11.4. The second kappa shape index (κ2) is 9.23. The van der Waals surface area contributed by atoms with Crippen molar-refractivity contribution in [2.45, 2.75) is 6.10 Å². The molecule has 3 aromatic carbocycles. The highest BCUT2D eigenvalue weighted by molar-refractivity contribution is 6.34. The number of benzene rings is 3. The van der Waals surface area contributed by atoms with Gasteiger partial charge in [-0.2, -0.15) is 0 Å². The number of non-ortho nitro benzene ring substituents is 1. The van der Waals surface area contributed by atoms with Gasteiger partial charge in [-0.25, -0.2) is 9.18 Å². The molecule has 0 saturated carbocycles. The van der Waals surface area contributed by atoms with Crippen molar-refractivity contribution in [1.29, 1.82) is 0 Å². The number of nitrogens with one attached hydrogen (secondary N) is 1. The molecule has 1 atom stereocenters. The largest absolute Gasteiger partial charge is 0.444 e. The van der Waals surface area contributed by atoms with Gasteiger partial charge in [-0.3, -0.25) is 14.9 Å². The smallest absolute Gasteiger partial charge is 0.341 e. The summed E-state index contributed by atoms with van der Waals surface area (Å²) in [6.07, 6.45) is -1.40. The first kappa shape index (κ1) is 21.7. The summed E-state index contributed by atoms with van der Waals surface area (Å²) in [6, 6.07) is 14.8. The van der Waals surface area contributed by atoms with Crippen molar-refractivity contribution in [1.82, 2.24) is 0 Å². The lowest BCUT2D eigenvalue weighted by atomic mass is 10.1. The van der Waals surface area contributed by atoms with Crippen LogP contribution in [0.4, 0.5) is 21.5 Å². The predicted octanol–water partition coefficient (Wildman–Crippen LogP) is 4.51. The monoisotopic (exact) mass is 443 g/mol. The lowest BCUT2D eigenvalue weighted by molar-refractivity contribution is -0.384. The fourth-order valence-corrected chi connectivity index (χ4v) is 2.93. The zero-order valence-electron chi connectivity index (χ0n) is 15.7. The van der Waals surface area contributed by atoms with E-state index in [4.69, 9.17) is 22.1 Å². The maximum atomic E-state index is 13.3. The Morgan fingerprint density at radius 2 is 1.81 bits per heavy atom. The molecule has 3 rings (SSSR count). The zero-order chi connectivity index (χ0) is 22.5. The van der Waals surface area contributed by atoms with Gasteiger partial charge in [0.25, 0.3) is 11.6 Å². The first-order valence-electron chi connectivity index (χ1n) is 8.82. The number of halogens is 2. The number of amides is 1. The zero-order valence-corrected chi connectivity index (χ0v) is 16.5. The minimum absolute atomic E-state index is 0.0662. The van der Waals surface area contributed by atoms with Gasteiger partial charge in [0.15, 0.2) is 0 Å². The van der Waals surface area contributed by atoms with Crippen LogP contribution in [0.15, 0.2) is 66.7 Å². The Morgan fingerprint density at radius 3 is 2.42 bits per heavy atom. The standard InChI is InChI=1S/C21H15ClFN3O5/c22-16-11-14(26(29)30)7-9-18(16)25-20(27)19(12-4-2-1-3-5-12)31-21(28)15-8-6-13(23)10-17(15)24/h1-11,19H,24H2,(H,25,27). The molecule has 0 spiro atoms. The van der Waals surface area contributed by atoms with Crippen LogP contribution in [0.3, 0.4) is 0 Å². The minimum atomic E-state index is -1.40. The molecule has 3 N–H and O–H groups in total. The molecule has 8 nitrogen and oxygen atoms in total. The second-order valence-corrected chi connectivity index (χ2v) is 6.75. The molecule has 158 valence electrons. The summed E-state index contributed by atoms with van der Waals surface area (Å²) in [5.41, 5.74) is 5.63. The minimum Gasteiger partial charge on any atom is -0.444 e. The fourth-order valence-electron chi connectivity index (χ4n) is 2.71. The number of esters is 1. The predicted molar refractivity (Wildman–Crippen MR) is 112 cm³/mol. The summed E-state index contributed by atoms with van der Waals surface area (Å²) in [5, 5.41) is 13.3. The molecule has 1 amide bonds. The number of rotatable bonds is 6. The number of nitrogen functional groups attached to an aromatic ring is 1. The molecular weight excluding hydrogens is 429 g/mol. The number of nitrogens with two attached hydrogens (primary N) is 1. The van der Waals surface area contributed by atoms with Gasteiger partial charge in [-0.05, 0) is 24.3 Å². The molecule has 0 radical (unpaired) electrons. The van der Waals surface area contributed by atoms with Crippen molar-refractivity contribution in [2.75, 3.05) is 11.1 Å². The third-order valence-electron chi connectivity index (χ3n) is 4.22. The van der Waals surface area contributed by atoms with Crippen LogP contribution >= 0.6 is 11.6 Å². The topological polar surface area (TPSA) is 125 Å². The Morgan fingerprint density at radius 1 is 1.10 bits per heavy atom. The van der Waals surface area contributed by atoms with E-state index in [0.717, 1.165) is 24.3 Å². The Labute approximate surface area is 180 Å². The van der Waals surface area contributed by atoms with Crippen molar-refractivity contribution in [3.05, 3.63) is 98.8 Å². The van der Waals surface area contributed by atoms with Crippen LogP contribution in [0.25, 0.3) is 0 Å². The number of nitro benzene ring substituents is 1. The van der Waals surface area contributed by atoms with E-state index >= 15 is 0 Å². The number of nitrogens with zero attached hydrogens (tertiary/aromatic N) is 1. The average Bonchev–Trinajstić information content (AvgIpc) is 2.73. The van der Waals surface area contributed by atoms with Crippen molar-refractivity contribution < 1.29 is 23.6 Å². The van der Waals surface area contributed by atoms with Crippen LogP contribution in [0.2, 0.25) is 5.02 Å². The molecule has 0 saturated heterocycles. The number of carbonyl (C=O) groups excluding carboxylic acids is 2. The van der Waals surface area contributed by atoms with Crippen LogP contribution < -0.4 is 11.1 Å². The molecule has 0 aromatic heterocycles. The summed E-state index contributed by atoms with van der Waals surface area (Å²) >= 11 is 6.03. The summed E-state index contributed by atoms with van der Waals surface area (Å²) in [5.74, 6) is -2.31. The van der Waals surface area contributed by atoms with E-state index < -0.39 is 28.7 Å². The van der Waals surface area contributed by atoms with Crippen LogP contribution in [0.1, 0.15) is 22.0 Å². The van der Waals surface area contributed by atoms with Gasteiger partial charge in [0.2, 0.25) is 6.10 Å². The molecule has 0 aliphatic heterocycles. The molecule has 0 bridgehead atoms. The lowest BCUT2D eigenvalue weighted by Gasteiger charge is -2.19. The van der Waals surface area contributed by atoms with Gasteiger partial charge in [0.1, 0.15) is 5.82 Å². The number of hydrogen-bond donors (Lipinski definition) is 2. The van der Waals surface area contributed by atoms with Crippen molar-refractivity contribution in [3.8, 4) is 0 Å². The van der Waals surface area contributed by atoms with Crippen LogP contribution in [-0.2, 0) is 9.53 Å². The van der Waals surface area contributed by atoms with E-state index in [1.165, 1.54) is 12.1 Å². The van der Waals surface area contributed by atoms with Gasteiger partial charge in [0, 0.05) is 23.4 Å². The first-order valence-corrected chi connectivity index (χ1v) is 9.20. The number of anilines is 2. The lowest BCUT2D eigenvalue weighted by Crippen LogP contribution is -2.26. The first-order chi connectivity index (χ1) is 14.8. The molecule has 31 heavy (non-hydrogen) atoms. The maximum absolute atomic E-state index is 13.3. The van der Waals surface area contributed by atoms with E-state index in [1.54, 1.807) is 30.3 Å². The molecule has 0 fully saturated rings. The number of carbonyl (C=O) groups is 2. The summed E-state index contributed by atoms with van der Waals surface area (Å²) in [4.78, 5) is 35.7. The Hall–Kier alpha value is -3.98. The molecule has 1 unspecified atom stereocenters. The summed E-state index contributed by atoms with van der Waals surface area (Å²) in [6.45, 7) is 0. The van der Waals surface area contributed by atoms with Crippen LogP contribution in [0, 0.1) is 15.9 Å². The van der Waals surface area contributed by atoms with Crippen molar-refractivity contribution in [2.24, 2.45) is 0 Å². The average molecular weight is 444 g/mol. The second-order valence-electron chi connectivity index (χ2n) is 6.34. The van der Waals surface area contributed by atoms with Gasteiger partial charge >= 0.3 is 5.97 Å². The summed E-state index contributed by atoms with van der Waals surface area (Å²) < 4.78 is 18.6. The molecule has 0 aliphatic rings. The Bertz CT molecular complexity index is 1160. The number of hydrogen-bond acceptors (Lipinski definition) is 6. The highest BCUT2D eigenvalue weighted by Gasteiger charge is 2.27. The molecule has 3 aromatic rings. The molecular formula is C21H15ClFN3O5. The van der Waals surface area contributed by atoms with Gasteiger partial charge in [-0.1, -0.05) is 41.9 Å². The van der Waals surface area contributed by atoms with Gasteiger partial charge in [0.05, 0.1) is 21.2 Å². The Balaban J connectivity index is 1.88. The third-order valence-corrected chi connectivity index (χ3v) is 4.53. The number of ether oxygens (including phenoxy) is 1. The van der Waals surface area contributed by atoms with Crippen LogP contribution in [-0.4, -0.2) is 16.8 Å².